The first-order valence-corrected chi connectivity index (χ1v) is 6.47. The normalized spacial score (nSPS) is 21.8. The van der Waals surface area contributed by atoms with Gasteiger partial charge in [0.25, 0.3) is 0 Å². The van der Waals surface area contributed by atoms with E-state index in [1.54, 1.807) is 0 Å². The fourth-order valence-corrected chi connectivity index (χ4v) is 2.10. The molecule has 0 unspecified atom stereocenters. The van der Waals surface area contributed by atoms with E-state index in [1.165, 1.54) is 32.1 Å². The van der Waals surface area contributed by atoms with E-state index >= 15 is 0 Å². The van der Waals surface area contributed by atoms with E-state index in [0.29, 0.717) is 12.6 Å². The van der Waals surface area contributed by atoms with Crippen molar-refractivity contribution in [1.29, 1.82) is 0 Å². The summed E-state index contributed by atoms with van der Waals surface area (Å²) >= 11 is 0. The molecule has 0 spiro atoms. The molecule has 5 heteroatoms. The van der Waals surface area contributed by atoms with Crippen LogP contribution < -0.4 is 5.32 Å². The highest BCUT2D eigenvalue weighted by Crippen LogP contribution is 2.31. The topological polar surface area (TPSA) is 72.7 Å². The Labute approximate surface area is 80.9 Å². The monoisotopic (exact) mass is 209 g/mol. The van der Waals surface area contributed by atoms with Gasteiger partial charge in [-0.3, -0.25) is 0 Å². The molecule has 1 aliphatic rings. The van der Waals surface area contributed by atoms with Gasteiger partial charge in [0.2, 0.25) is 0 Å². The minimum atomic E-state index is -3.29. The molecule has 0 aromatic rings. The van der Waals surface area contributed by atoms with Crippen LogP contribution >= 0.6 is 10.9 Å². The van der Waals surface area contributed by atoms with E-state index in [9.17, 15) is 0 Å². The van der Waals surface area contributed by atoms with Gasteiger partial charge in [-0.2, -0.15) is 0 Å². The maximum Gasteiger partial charge on any atom is 0.0823 e. The smallest absolute Gasteiger partial charge is 0.0823 e. The first-order valence-electron chi connectivity index (χ1n) is 4.80. The molecule has 4 nitrogen and oxygen atoms in total. The van der Waals surface area contributed by atoms with Crippen LogP contribution in [0.25, 0.3) is 0 Å². The van der Waals surface area contributed by atoms with Crippen LogP contribution in [0.5, 0.6) is 0 Å². The zero-order chi connectivity index (χ0) is 9.73. The van der Waals surface area contributed by atoms with Gasteiger partial charge in [0.15, 0.2) is 0 Å². The summed E-state index contributed by atoms with van der Waals surface area (Å²) < 4.78 is 26.1. The lowest BCUT2D eigenvalue weighted by molar-refractivity contribution is 0.359. The van der Waals surface area contributed by atoms with Gasteiger partial charge < -0.3 is 19.0 Å². The fourth-order valence-electron chi connectivity index (χ4n) is 1.71. The Bertz CT molecular complexity index is 143. The Morgan fingerprint density at radius 1 is 1.08 bits per heavy atom. The average molecular weight is 209 g/mol. The lowest BCUT2D eigenvalue weighted by Crippen LogP contribution is -2.33. The standard InChI is InChI=1S/C8H19NO3S/c10-13(11,12)7-6-9-8-4-2-1-3-5-8/h8-12H,1-7H2. The maximum absolute atomic E-state index is 8.70. The summed E-state index contributed by atoms with van der Waals surface area (Å²) in [5.74, 6) is 0.0451. The summed E-state index contributed by atoms with van der Waals surface area (Å²) in [6.07, 6.45) is 6.17. The van der Waals surface area contributed by atoms with Crippen molar-refractivity contribution in [2.75, 3.05) is 12.3 Å². The van der Waals surface area contributed by atoms with Crippen molar-refractivity contribution in [2.45, 2.75) is 38.1 Å². The third kappa shape index (κ3) is 5.49. The molecule has 0 amide bonds. The molecule has 1 aliphatic carbocycles. The number of nitrogens with one attached hydrogen (secondary N) is 1. The van der Waals surface area contributed by atoms with Crippen molar-refractivity contribution in [2.24, 2.45) is 0 Å². The van der Waals surface area contributed by atoms with E-state index in [4.69, 9.17) is 13.7 Å². The lowest BCUT2D eigenvalue weighted by Gasteiger charge is -2.25. The lowest BCUT2D eigenvalue weighted by atomic mass is 9.96. The van der Waals surface area contributed by atoms with E-state index in [2.05, 4.69) is 5.32 Å². The molecule has 0 saturated heterocycles. The fraction of sp³-hybridized carbons (Fsp3) is 1.00. The first-order chi connectivity index (χ1) is 6.08. The first kappa shape index (κ1) is 11.3. The molecule has 1 rings (SSSR count). The Morgan fingerprint density at radius 3 is 2.23 bits per heavy atom. The average Bonchev–Trinajstić information content (AvgIpc) is 2.04. The van der Waals surface area contributed by atoms with Gasteiger partial charge in [-0.15, -0.1) is 0 Å². The van der Waals surface area contributed by atoms with Crippen molar-refractivity contribution in [3.63, 3.8) is 0 Å². The van der Waals surface area contributed by atoms with Crippen LogP contribution in [0.4, 0.5) is 0 Å². The molecule has 0 atom stereocenters. The molecular weight excluding hydrogens is 190 g/mol. The van der Waals surface area contributed by atoms with E-state index in [0.717, 1.165) is 0 Å². The molecule has 0 aromatic heterocycles. The van der Waals surface area contributed by atoms with Crippen molar-refractivity contribution < 1.29 is 13.7 Å². The quantitative estimate of drug-likeness (QED) is 0.572. The highest BCUT2D eigenvalue weighted by molar-refractivity contribution is 8.19. The Morgan fingerprint density at radius 2 is 1.69 bits per heavy atom. The summed E-state index contributed by atoms with van der Waals surface area (Å²) in [7, 11) is -3.29. The molecule has 13 heavy (non-hydrogen) atoms. The van der Waals surface area contributed by atoms with Crippen LogP contribution in [-0.4, -0.2) is 32.0 Å². The molecule has 1 saturated carbocycles. The molecule has 1 fully saturated rings. The molecule has 0 aromatic carbocycles. The summed E-state index contributed by atoms with van der Waals surface area (Å²) in [5, 5.41) is 3.22. The van der Waals surface area contributed by atoms with Crippen molar-refractivity contribution in [3.05, 3.63) is 0 Å². The predicted octanol–water partition coefficient (Wildman–Crippen LogP) is 2.13. The molecule has 0 aliphatic heterocycles. The highest BCUT2D eigenvalue weighted by atomic mass is 32.3. The Hall–Kier alpha value is 0.190. The summed E-state index contributed by atoms with van der Waals surface area (Å²) in [5.41, 5.74) is 0. The largest absolute Gasteiger partial charge is 0.313 e. The number of rotatable bonds is 4. The summed E-state index contributed by atoms with van der Waals surface area (Å²) in [6, 6.07) is 0.510. The third-order valence-electron chi connectivity index (χ3n) is 2.41. The number of hydrogen-bond donors (Lipinski definition) is 4. The second-order valence-corrected chi connectivity index (χ2v) is 5.30. The second kappa shape index (κ2) is 5.17. The van der Waals surface area contributed by atoms with Crippen LogP contribution in [0, 0.1) is 0 Å². The molecular formula is C8H19NO3S. The molecule has 0 heterocycles. The zero-order valence-electron chi connectivity index (χ0n) is 7.78. The Kier molecular flexibility index (Phi) is 4.48. The van der Waals surface area contributed by atoms with Gasteiger partial charge in [0.05, 0.1) is 16.6 Å². The van der Waals surface area contributed by atoms with Crippen LogP contribution in [0.2, 0.25) is 0 Å². The van der Waals surface area contributed by atoms with Gasteiger partial charge in [-0.05, 0) is 12.8 Å². The molecule has 0 bridgehead atoms. The van der Waals surface area contributed by atoms with E-state index < -0.39 is 10.9 Å². The highest BCUT2D eigenvalue weighted by Gasteiger charge is 2.15. The second-order valence-electron chi connectivity index (χ2n) is 3.63. The van der Waals surface area contributed by atoms with Crippen LogP contribution in [0.3, 0.4) is 0 Å². The summed E-state index contributed by atoms with van der Waals surface area (Å²) in [6.45, 7) is 0.490. The van der Waals surface area contributed by atoms with Gasteiger partial charge in [0.1, 0.15) is 0 Å². The maximum atomic E-state index is 8.70. The van der Waals surface area contributed by atoms with Crippen molar-refractivity contribution in [1.82, 2.24) is 5.32 Å². The van der Waals surface area contributed by atoms with Crippen molar-refractivity contribution >= 4 is 10.9 Å². The SMILES string of the molecule is OS(O)(O)CCNC1CCCCC1. The van der Waals surface area contributed by atoms with Crippen LogP contribution in [0.1, 0.15) is 32.1 Å². The van der Waals surface area contributed by atoms with E-state index in [-0.39, 0.29) is 5.75 Å². The Balaban J connectivity index is 2.04. The van der Waals surface area contributed by atoms with Crippen LogP contribution in [-0.2, 0) is 0 Å². The van der Waals surface area contributed by atoms with Crippen LogP contribution in [0.15, 0.2) is 0 Å². The zero-order valence-corrected chi connectivity index (χ0v) is 8.59. The summed E-state index contributed by atoms with van der Waals surface area (Å²) in [4.78, 5) is 0. The molecule has 80 valence electrons. The number of hydrogen-bond acceptors (Lipinski definition) is 4. The molecule has 4 N–H and O–H groups in total. The van der Waals surface area contributed by atoms with Gasteiger partial charge in [-0.1, -0.05) is 19.3 Å². The minimum Gasteiger partial charge on any atom is -0.313 e. The van der Waals surface area contributed by atoms with Gasteiger partial charge in [-0.25, -0.2) is 0 Å². The minimum absolute atomic E-state index is 0.0451. The van der Waals surface area contributed by atoms with Crippen molar-refractivity contribution in [3.8, 4) is 0 Å². The predicted molar refractivity (Wildman–Crippen MR) is 55.2 cm³/mol. The third-order valence-corrected chi connectivity index (χ3v) is 3.17. The van der Waals surface area contributed by atoms with Gasteiger partial charge >= 0.3 is 0 Å². The molecule has 0 radical (unpaired) electrons. The van der Waals surface area contributed by atoms with E-state index in [1.807, 2.05) is 0 Å². The van der Waals surface area contributed by atoms with Gasteiger partial charge in [0, 0.05) is 12.6 Å².